The summed E-state index contributed by atoms with van der Waals surface area (Å²) in [6.45, 7) is 12.1. The van der Waals surface area contributed by atoms with Gasteiger partial charge in [0.2, 0.25) is 17.7 Å². The summed E-state index contributed by atoms with van der Waals surface area (Å²) >= 11 is 0. The molecule has 7 unspecified atom stereocenters. The standard InChI is InChI=1S/C21H40N4O6/c1-8-11(5)14(22)18(27)23-15(10(3)4)19(28)24-16(12(6)9-2)20(29)25-17(13(7)26)21(30)31/h10-17,26H,8-9,22H2,1-7H3,(H,23,27)(H,24,28)(H,25,29)(H,30,31). The van der Waals surface area contributed by atoms with Crippen molar-refractivity contribution in [2.45, 2.75) is 91.6 Å². The fourth-order valence-corrected chi connectivity index (χ4v) is 2.87. The Kier molecular flexibility index (Phi) is 12.3. The van der Waals surface area contributed by atoms with E-state index in [0.717, 1.165) is 0 Å². The molecular formula is C21H40N4O6. The summed E-state index contributed by atoms with van der Waals surface area (Å²) in [5, 5.41) is 26.4. The van der Waals surface area contributed by atoms with Gasteiger partial charge in [-0.05, 0) is 24.7 Å². The van der Waals surface area contributed by atoms with Crippen LogP contribution in [0.3, 0.4) is 0 Å². The molecule has 10 nitrogen and oxygen atoms in total. The maximum absolute atomic E-state index is 13.0. The predicted octanol–water partition coefficient (Wildman–Crippen LogP) is -0.0183. The van der Waals surface area contributed by atoms with Gasteiger partial charge in [0, 0.05) is 0 Å². The Morgan fingerprint density at radius 1 is 0.742 bits per heavy atom. The zero-order chi connectivity index (χ0) is 24.5. The zero-order valence-corrected chi connectivity index (χ0v) is 19.6. The first-order chi connectivity index (χ1) is 14.3. The van der Waals surface area contributed by atoms with Crippen molar-refractivity contribution in [2.75, 3.05) is 0 Å². The molecule has 0 bridgehead atoms. The highest BCUT2D eigenvalue weighted by molar-refractivity contribution is 5.94. The molecule has 0 aromatic heterocycles. The number of aliphatic carboxylic acids is 1. The summed E-state index contributed by atoms with van der Waals surface area (Å²) in [5.41, 5.74) is 5.96. The Labute approximate surface area is 184 Å². The number of aliphatic hydroxyl groups excluding tert-OH is 1. The number of carbonyl (C=O) groups is 4. The molecule has 3 amide bonds. The number of rotatable bonds is 13. The lowest BCUT2D eigenvalue weighted by Crippen LogP contribution is -2.61. The number of hydrogen-bond acceptors (Lipinski definition) is 6. The second-order valence-electron chi connectivity index (χ2n) is 8.58. The van der Waals surface area contributed by atoms with E-state index in [0.29, 0.717) is 12.8 Å². The van der Waals surface area contributed by atoms with Crippen molar-refractivity contribution in [3.63, 3.8) is 0 Å². The van der Waals surface area contributed by atoms with Crippen LogP contribution in [0.2, 0.25) is 0 Å². The fourth-order valence-electron chi connectivity index (χ4n) is 2.87. The van der Waals surface area contributed by atoms with Gasteiger partial charge in [-0.25, -0.2) is 4.79 Å². The molecule has 0 rings (SSSR count). The van der Waals surface area contributed by atoms with E-state index in [1.165, 1.54) is 6.92 Å². The number of nitrogens with one attached hydrogen (secondary N) is 3. The maximum Gasteiger partial charge on any atom is 0.328 e. The van der Waals surface area contributed by atoms with Crippen molar-refractivity contribution >= 4 is 23.7 Å². The van der Waals surface area contributed by atoms with E-state index in [2.05, 4.69) is 16.0 Å². The first-order valence-electron chi connectivity index (χ1n) is 10.9. The molecule has 0 aromatic carbocycles. The summed E-state index contributed by atoms with van der Waals surface area (Å²) in [4.78, 5) is 49.5. The number of carboxylic acids is 1. The first kappa shape index (κ1) is 28.8. The van der Waals surface area contributed by atoms with Crippen LogP contribution in [-0.4, -0.2) is 64.2 Å². The third kappa shape index (κ3) is 8.82. The van der Waals surface area contributed by atoms with Gasteiger partial charge < -0.3 is 31.9 Å². The summed E-state index contributed by atoms with van der Waals surface area (Å²) in [6, 6.07) is -4.24. The molecule has 0 aliphatic rings. The number of carbonyl (C=O) groups excluding carboxylic acids is 3. The van der Waals surface area contributed by atoms with Gasteiger partial charge in [0.05, 0.1) is 12.1 Å². The highest BCUT2D eigenvalue weighted by Gasteiger charge is 2.35. The third-order valence-electron chi connectivity index (χ3n) is 5.65. The van der Waals surface area contributed by atoms with E-state index in [1.54, 1.807) is 20.8 Å². The molecule has 0 aliphatic heterocycles. The predicted molar refractivity (Wildman–Crippen MR) is 117 cm³/mol. The monoisotopic (exact) mass is 444 g/mol. The van der Waals surface area contributed by atoms with Gasteiger partial charge in [0.15, 0.2) is 6.04 Å². The van der Waals surface area contributed by atoms with Crippen molar-refractivity contribution in [3.8, 4) is 0 Å². The topological polar surface area (TPSA) is 171 Å². The second kappa shape index (κ2) is 13.3. The van der Waals surface area contributed by atoms with Gasteiger partial charge >= 0.3 is 5.97 Å². The van der Waals surface area contributed by atoms with Crippen LogP contribution in [0.4, 0.5) is 0 Å². The average Bonchev–Trinajstić information content (AvgIpc) is 2.70. The molecule has 7 N–H and O–H groups in total. The van der Waals surface area contributed by atoms with Crippen LogP contribution in [0.1, 0.15) is 61.3 Å². The van der Waals surface area contributed by atoms with Crippen molar-refractivity contribution in [3.05, 3.63) is 0 Å². The van der Waals surface area contributed by atoms with Crippen molar-refractivity contribution in [1.29, 1.82) is 0 Å². The largest absolute Gasteiger partial charge is 0.480 e. The smallest absolute Gasteiger partial charge is 0.328 e. The van der Waals surface area contributed by atoms with Gasteiger partial charge in [-0.2, -0.15) is 0 Å². The number of amides is 3. The minimum Gasteiger partial charge on any atom is -0.480 e. The number of hydrogen-bond donors (Lipinski definition) is 6. The Morgan fingerprint density at radius 2 is 1.16 bits per heavy atom. The van der Waals surface area contributed by atoms with Crippen LogP contribution in [0.5, 0.6) is 0 Å². The van der Waals surface area contributed by atoms with Crippen LogP contribution in [0, 0.1) is 17.8 Å². The summed E-state index contributed by atoms with van der Waals surface area (Å²) in [6.07, 6.45) is -0.0840. The quantitative estimate of drug-likeness (QED) is 0.232. The maximum atomic E-state index is 13.0. The molecular weight excluding hydrogens is 404 g/mol. The minimum atomic E-state index is -1.51. The van der Waals surface area contributed by atoms with Crippen LogP contribution in [-0.2, 0) is 19.2 Å². The summed E-state index contributed by atoms with van der Waals surface area (Å²) in [5.74, 6) is -3.79. The lowest BCUT2D eigenvalue weighted by molar-refractivity contribution is -0.145. The van der Waals surface area contributed by atoms with E-state index in [1.807, 2.05) is 20.8 Å². The number of nitrogens with two attached hydrogens (primary N) is 1. The normalized spacial score (nSPS) is 18.1. The molecule has 31 heavy (non-hydrogen) atoms. The van der Waals surface area contributed by atoms with Crippen LogP contribution < -0.4 is 21.7 Å². The van der Waals surface area contributed by atoms with Crippen LogP contribution in [0.15, 0.2) is 0 Å². The van der Waals surface area contributed by atoms with Crippen molar-refractivity contribution < 1.29 is 29.4 Å². The van der Waals surface area contributed by atoms with Gasteiger partial charge in [-0.1, -0.05) is 54.4 Å². The second-order valence-corrected chi connectivity index (χ2v) is 8.58. The molecule has 180 valence electrons. The van der Waals surface area contributed by atoms with Gasteiger partial charge in [-0.15, -0.1) is 0 Å². The summed E-state index contributed by atoms with van der Waals surface area (Å²) in [7, 11) is 0. The summed E-state index contributed by atoms with van der Waals surface area (Å²) < 4.78 is 0. The Morgan fingerprint density at radius 3 is 1.55 bits per heavy atom. The number of carboxylic acid groups (broad SMARTS) is 1. The Hall–Kier alpha value is -2.20. The van der Waals surface area contributed by atoms with Gasteiger partial charge in [0.1, 0.15) is 12.1 Å². The molecule has 0 heterocycles. The van der Waals surface area contributed by atoms with E-state index in [-0.39, 0.29) is 17.8 Å². The minimum absolute atomic E-state index is 0.0667. The molecule has 0 saturated heterocycles. The third-order valence-corrected chi connectivity index (χ3v) is 5.65. The Balaban J connectivity index is 5.52. The van der Waals surface area contributed by atoms with Gasteiger partial charge in [-0.3, -0.25) is 14.4 Å². The molecule has 0 spiro atoms. The lowest BCUT2D eigenvalue weighted by Gasteiger charge is -2.30. The van der Waals surface area contributed by atoms with Crippen LogP contribution >= 0.6 is 0 Å². The van der Waals surface area contributed by atoms with E-state index >= 15 is 0 Å². The van der Waals surface area contributed by atoms with E-state index in [9.17, 15) is 29.4 Å². The zero-order valence-electron chi connectivity index (χ0n) is 19.6. The van der Waals surface area contributed by atoms with Crippen molar-refractivity contribution in [1.82, 2.24) is 16.0 Å². The highest BCUT2D eigenvalue weighted by Crippen LogP contribution is 2.12. The molecule has 0 saturated carbocycles. The highest BCUT2D eigenvalue weighted by atomic mass is 16.4. The lowest BCUT2D eigenvalue weighted by atomic mass is 9.95. The first-order valence-corrected chi connectivity index (χ1v) is 10.9. The SMILES string of the molecule is CCC(C)C(N)C(=O)NC(C(=O)NC(C(=O)NC(C(=O)O)C(C)O)C(C)CC)C(C)C. The van der Waals surface area contributed by atoms with E-state index < -0.39 is 54.0 Å². The average molecular weight is 445 g/mol. The molecule has 0 aromatic rings. The fraction of sp³-hybridized carbons (Fsp3) is 0.810. The Bertz CT molecular complexity index is 625. The van der Waals surface area contributed by atoms with Crippen molar-refractivity contribution in [2.24, 2.45) is 23.5 Å². The van der Waals surface area contributed by atoms with Crippen LogP contribution in [0.25, 0.3) is 0 Å². The van der Waals surface area contributed by atoms with Gasteiger partial charge in [0.25, 0.3) is 0 Å². The molecule has 10 heteroatoms. The molecule has 0 fully saturated rings. The van der Waals surface area contributed by atoms with E-state index in [4.69, 9.17) is 5.73 Å². The molecule has 0 aliphatic carbocycles. The molecule has 7 atom stereocenters. The molecule has 0 radical (unpaired) electrons. The number of aliphatic hydroxyl groups is 1.